The Hall–Kier alpha value is -1.71. The zero-order valence-electron chi connectivity index (χ0n) is 17.6. The number of aromatic amines is 1. The highest BCUT2D eigenvalue weighted by Crippen LogP contribution is 2.27. The molecule has 2 aliphatic heterocycles. The van der Waals surface area contributed by atoms with Crippen molar-refractivity contribution in [1.29, 1.82) is 0 Å². The van der Waals surface area contributed by atoms with Gasteiger partial charge >= 0.3 is 10.0 Å². The molecule has 6 rings (SSSR count). The van der Waals surface area contributed by atoms with Crippen molar-refractivity contribution in [3.05, 3.63) is 34.9 Å². The van der Waals surface area contributed by atoms with Crippen LogP contribution in [0.4, 0.5) is 0 Å². The first-order valence-corrected chi connectivity index (χ1v) is 12.9. The standard InChI is InChI=1S/C11H17N3.C10H15N3O2S/c1-2-4-9(3-1)8-14-11-7-12-5-10(11)6-13-14;14-16(15,9-3-1-2-4-9)13-7-8-5-11-6-10(8)12-13/h6,9,12H,1-5,7-8H2;7,9,11H,1-6H2/p+1. The molecule has 2 fully saturated rings. The van der Waals surface area contributed by atoms with Gasteiger partial charge in [-0.1, -0.05) is 25.7 Å². The zero-order chi connectivity index (χ0) is 20.6. The molecule has 30 heavy (non-hydrogen) atoms. The van der Waals surface area contributed by atoms with Crippen LogP contribution in [0, 0.1) is 5.92 Å². The minimum atomic E-state index is -3.18. The topological polar surface area (TPSA) is 95.7 Å². The molecule has 3 N–H and O–H groups in total. The van der Waals surface area contributed by atoms with E-state index in [4.69, 9.17) is 0 Å². The summed E-state index contributed by atoms with van der Waals surface area (Å²) in [4.78, 5) is 0. The predicted octanol–water partition coefficient (Wildman–Crippen LogP) is 1.70. The van der Waals surface area contributed by atoms with Gasteiger partial charge in [0.25, 0.3) is 0 Å². The summed E-state index contributed by atoms with van der Waals surface area (Å²) in [5, 5.41) is 13.8. The minimum Gasteiger partial charge on any atom is -0.307 e. The highest BCUT2D eigenvalue weighted by Gasteiger charge is 2.39. The van der Waals surface area contributed by atoms with Gasteiger partial charge in [-0.3, -0.25) is 4.68 Å². The largest absolute Gasteiger partial charge is 0.393 e. The maximum absolute atomic E-state index is 12.3. The monoisotopic (exact) mass is 433 g/mol. The van der Waals surface area contributed by atoms with Gasteiger partial charge in [-0.15, -0.1) is 0 Å². The molecular weight excluding hydrogens is 400 g/mol. The number of hydrogen-bond donors (Lipinski definition) is 3. The van der Waals surface area contributed by atoms with E-state index in [-0.39, 0.29) is 5.25 Å². The van der Waals surface area contributed by atoms with E-state index in [1.165, 1.54) is 41.0 Å². The van der Waals surface area contributed by atoms with Crippen molar-refractivity contribution in [3.63, 3.8) is 0 Å². The molecule has 4 aliphatic rings. The summed E-state index contributed by atoms with van der Waals surface area (Å²) >= 11 is 0. The maximum Gasteiger partial charge on any atom is 0.393 e. The second-order valence-corrected chi connectivity index (χ2v) is 11.2. The number of fused-ring (bicyclic) bond motifs is 2. The average molecular weight is 434 g/mol. The second kappa shape index (κ2) is 8.43. The van der Waals surface area contributed by atoms with E-state index in [0.29, 0.717) is 0 Å². The van der Waals surface area contributed by atoms with E-state index in [0.717, 1.165) is 75.6 Å². The third-order valence-corrected chi connectivity index (χ3v) is 9.13. The first kappa shape index (κ1) is 20.2. The number of hydrogen-bond acceptors (Lipinski definition) is 5. The Labute approximate surface area is 178 Å². The lowest BCUT2D eigenvalue weighted by atomic mass is 10.1. The van der Waals surface area contributed by atoms with E-state index >= 15 is 0 Å². The summed E-state index contributed by atoms with van der Waals surface area (Å²) in [5.41, 5.74) is 4.91. The predicted molar refractivity (Wildman–Crippen MR) is 113 cm³/mol. The van der Waals surface area contributed by atoms with Gasteiger partial charge in [0.1, 0.15) is 5.25 Å². The minimum absolute atomic E-state index is 0.191. The Morgan fingerprint density at radius 1 is 0.967 bits per heavy atom. The average Bonchev–Trinajstić information content (AvgIpc) is 3.55. The van der Waals surface area contributed by atoms with Gasteiger partial charge in [0.2, 0.25) is 6.20 Å². The third-order valence-electron chi connectivity index (χ3n) is 7.07. The highest BCUT2D eigenvalue weighted by molar-refractivity contribution is 7.85. The Bertz CT molecular complexity index is 962. The molecule has 2 aromatic rings. The molecule has 0 bridgehead atoms. The molecule has 0 amide bonds. The molecule has 0 spiro atoms. The maximum atomic E-state index is 12.3. The van der Waals surface area contributed by atoms with Crippen LogP contribution in [0.5, 0.6) is 0 Å². The van der Waals surface area contributed by atoms with E-state index < -0.39 is 10.0 Å². The van der Waals surface area contributed by atoms with Gasteiger partial charge in [0, 0.05) is 38.3 Å². The van der Waals surface area contributed by atoms with E-state index in [9.17, 15) is 8.42 Å². The summed E-state index contributed by atoms with van der Waals surface area (Å²) in [6.07, 6.45) is 13.1. The summed E-state index contributed by atoms with van der Waals surface area (Å²) in [5.74, 6) is 0.889. The molecule has 0 saturated heterocycles. The number of rotatable bonds is 4. The van der Waals surface area contributed by atoms with Gasteiger partial charge in [-0.2, -0.15) is 18.6 Å². The molecule has 8 nitrogen and oxygen atoms in total. The fourth-order valence-electron chi connectivity index (χ4n) is 5.28. The van der Waals surface area contributed by atoms with E-state index in [1.807, 2.05) is 6.20 Å². The van der Waals surface area contributed by atoms with E-state index in [1.54, 1.807) is 6.20 Å². The smallest absolute Gasteiger partial charge is 0.307 e. The molecule has 2 saturated carbocycles. The SMILES string of the molecule is O=S(=O)(C1CCCC1)[n+]1cc2c([nH]1)CNC2.c1nn(CC2CCCC2)c2c1CNC2. The number of nitrogens with one attached hydrogen (secondary N) is 3. The second-order valence-electron chi connectivity index (χ2n) is 9.15. The fraction of sp³-hybridized carbons (Fsp3) is 0.714. The fourth-order valence-corrected chi connectivity index (χ4v) is 7.04. The van der Waals surface area contributed by atoms with Crippen LogP contribution < -0.4 is 14.7 Å². The van der Waals surface area contributed by atoms with Crippen molar-refractivity contribution in [2.24, 2.45) is 5.92 Å². The summed E-state index contributed by atoms with van der Waals surface area (Å²) < 4.78 is 28.1. The number of H-pyrrole nitrogens is 1. The number of aromatic nitrogens is 4. The molecule has 0 radical (unpaired) electrons. The normalized spacial score (nSPS) is 21.6. The van der Waals surface area contributed by atoms with Crippen LogP contribution in [0.25, 0.3) is 0 Å². The zero-order valence-corrected chi connectivity index (χ0v) is 18.4. The molecular formula is C21H33N6O2S+. The quantitative estimate of drug-likeness (QED) is 0.638. The van der Waals surface area contributed by atoms with Gasteiger partial charge < -0.3 is 10.6 Å². The Morgan fingerprint density at radius 2 is 1.67 bits per heavy atom. The molecule has 164 valence electrons. The molecule has 0 aromatic carbocycles. The van der Waals surface area contributed by atoms with Crippen LogP contribution in [-0.4, -0.2) is 28.5 Å². The van der Waals surface area contributed by atoms with Crippen LogP contribution in [0.3, 0.4) is 0 Å². The molecule has 9 heteroatoms. The lowest BCUT2D eigenvalue weighted by Crippen LogP contribution is -2.49. The lowest BCUT2D eigenvalue weighted by molar-refractivity contribution is -0.576. The van der Waals surface area contributed by atoms with Gasteiger partial charge in [-0.25, -0.2) is 0 Å². The van der Waals surface area contributed by atoms with Crippen molar-refractivity contribution >= 4 is 10.0 Å². The molecule has 0 atom stereocenters. The summed E-state index contributed by atoms with van der Waals surface area (Å²) in [6.45, 7) is 4.68. The first-order chi connectivity index (χ1) is 14.6. The van der Waals surface area contributed by atoms with Crippen LogP contribution in [-0.2, 0) is 42.7 Å². The molecule has 4 heterocycles. The van der Waals surface area contributed by atoms with Gasteiger partial charge in [-0.05, 0) is 35.7 Å². The van der Waals surface area contributed by atoms with Crippen molar-refractivity contribution in [1.82, 2.24) is 25.5 Å². The number of nitrogens with zero attached hydrogens (tertiary/aromatic N) is 3. The van der Waals surface area contributed by atoms with Crippen LogP contribution in [0.15, 0.2) is 12.4 Å². The first-order valence-electron chi connectivity index (χ1n) is 11.4. The van der Waals surface area contributed by atoms with Crippen LogP contribution >= 0.6 is 0 Å². The summed E-state index contributed by atoms with van der Waals surface area (Å²) in [6, 6.07) is 0. The highest BCUT2D eigenvalue weighted by atomic mass is 32.2. The van der Waals surface area contributed by atoms with Crippen molar-refractivity contribution in [3.8, 4) is 0 Å². The van der Waals surface area contributed by atoms with Crippen molar-refractivity contribution < 1.29 is 12.5 Å². The van der Waals surface area contributed by atoms with Gasteiger partial charge in [0.15, 0.2) is 0 Å². The van der Waals surface area contributed by atoms with Crippen molar-refractivity contribution in [2.45, 2.75) is 89.3 Å². The Kier molecular flexibility index (Phi) is 5.68. The van der Waals surface area contributed by atoms with Crippen LogP contribution in [0.2, 0.25) is 0 Å². The Balaban J connectivity index is 0.000000130. The van der Waals surface area contributed by atoms with Gasteiger partial charge in [0.05, 0.1) is 23.1 Å². The van der Waals surface area contributed by atoms with E-state index in [2.05, 4.69) is 25.5 Å². The summed E-state index contributed by atoms with van der Waals surface area (Å²) in [7, 11) is -3.18. The third kappa shape index (κ3) is 3.94. The van der Waals surface area contributed by atoms with Crippen molar-refractivity contribution in [2.75, 3.05) is 0 Å². The van der Waals surface area contributed by atoms with Crippen LogP contribution in [0.1, 0.15) is 73.9 Å². The Morgan fingerprint density at radius 3 is 2.43 bits per heavy atom. The lowest BCUT2D eigenvalue weighted by Gasteiger charge is -2.11. The molecule has 2 aromatic heterocycles. The molecule has 0 unspecified atom stereocenters. The molecule has 2 aliphatic carbocycles.